The zero-order valence-corrected chi connectivity index (χ0v) is 14.1. The molecule has 2 heterocycles. The van der Waals surface area contributed by atoms with Gasteiger partial charge in [-0.15, -0.1) is 0 Å². The van der Waals surface area contributed by atoms with Gasteiger partial charge in [0.05, 0.1) is 48.1 Å². The molecule has 0 aliphatic heterocycles. The molecule has 8 heteroatoms. The molecular formula is C18H14N4O4. The van der Waals surface area contributed by atoms with Crippen molar-refractivity contribution in [1.82, 2.24) is 14.8 Å². The third-order valence-corrected chi connectivity index (χ3v) is 3.68. The van der Waals surface area contributed by atoms with E-state index in [1.807, 2.05) is 6.07 Å². The second-order valence-corrected chi connectivity index (χ2v) is 5.18. The molecule has 0 aliphatic carbocycles. The summed E-state index contributed by atoms with van der Waals surface area (Å²) < 4.78 is 11.3. The molecule has 2 aromatic heterocycles. The van der Waals surface area contributed by atoms with Gasteiger partial charge in [-0.3, -0.25) is 4.79 Å². The summed E-state index contributed by atoms with van der Waals surface area (Å²) in [5.41, 5.74) is -0.00707. The molecule has 0 spiro atoms. The Kier molecular flexibility index (Phi) is 4.62. The van der Waals surface area contributed by atoms with Crippen LogP contribution in [0.15, 0.2) is 41.3 Å². The van der Waals surface area contributed by atoms with Gasteiger partial charge < -0.3 is 9.47 Å². The molecule has 0 amide bonds. The lowest BCUT2D eigenvalue weighted by Gasteiger charge is -2.12. The Morgan fingerprint density at radius 2 is 2.12 bits per heavy atom. The first-order chi connectivity index (χ1) is 12.6. The van der Waals surface area contributed by atoms with Crippen LogP contribution < -0.4 is 10.2 Å². The van der Waals surface area contributed by atoms with Crippen molar-refractivity contribution in [1.29, 1.82) is 5.26 Å². The zero-order chi connectivity index (χ0) is 18.7. The molecule has 3 rings (SSSR count). The second-order valence-electron chi connectivity index (χ2n) is 5.18. The van der Waals surface area contributed by atoms with Gasteiger partial charge in [0.15, 0.2) is 0 Å². The fourth-order valence-corrected chi connectivity index (χ4v) is 2.51. The maximum atomic E-state index is 12.7. The maximum absolute atomic E-state index is 12.7. The predicted octanol–water partition coefficient (Wildman–Crippen LogP) is 1.84. The highest BCUT2D eigenvalue weighted by atomic mass is 16.5. The SMILES string of the molecule is CCOC(=O)c1nn(-c2ccc(OC)nc2)c2cccc(C#N)c2c1=O. The van der Waals surface area contributed by atoms with E-state index in [0.717, 1.165) is 0 Å². The van der Waals surface area contributed by atoms with Crippen molar-refractivity contribution in [2.75, 3.05) is 13.7 Å². The molecule has 1 aromatic carbocycles. The standard InChI is InChI=1S/C18H14N4O4/c1-3-26-18(24)16-17(23)15-11(9-19)5-4-6-13(15)22(21-16)12-7-8-14(25-2)20-10-12/h4-8,10H,3H2,1-2H3. The summed E-state index contributed by atoms with van der Waals surface area (Å²) in [6, 6.07) is 10.1. The van der Waals surface area contributed by atoms with Gasteiger partial charge in [0, 0.05) is 6.07 Å². The first-order valence-electron chi connectivity index (χ1n) is 7.74. The number of nitrogens with zero attached hydrogens (tertiary/aromatic N) is 4. The van der Waals surface area contributed by atoms with Crippen LogP contribution in [0.2, 0.25) is 0 Å². The monoisotopic (exact) mass is 350 g/mol. The van der Waals surface area contributed by atoms with Crippen LogP contribution in [0.5, 0.6) is 5.88 Å². The minimum absolute atomic E-state index is 0.0992. The highest BCUT2D eigenvalue weighted by Gasteiger charge is 2.21. The molecule has 0 saturated carbocycles. The number of pyridine rings is 1. The number of carbonyl (C=O) groups excluding carboxylic acids is 1. The van der Waals surface area contributed by atoms with Gasteiger partial charge in [-0.05, 0) is 25.1 Å². The molecule has 0 N–H and O–H groups in total. The van der Waals surface area contributed by atoms with Crippen LogP contribution >= 0.6 is 0 Å². The predicted molar refractivity (Wildman–Crippen MR) is 92.4 cm³/mol. The van der Waals surface area contributed by atoms with Gasteiger partial charge >= 0.3 is 5.97 Å². The van der Waals surface area contributed by atoms with Crippen LogP contribution in [-0.4, -0.2) is 34.5 Å². The third-order valence-electron chi connectivity index (χ3n) is 3.68. The molecule has 0 aliphatic rings. The van der Waals surface area contributed by atoms with Crippen LogP contribution in [0.4, 0.5) is 0 Å². The van der Waals surface area contributed by atoms with Crippen molar-refractivity contribution in [3.05, 3.63) is 58.0 Å². The lowest BCUT2D eigenvalue weighted by Crippen LogP contribution is -2.24. The quantitative estimate of drug-likeness (QED) is 0.661. The fourth-order valence-electron chi connectivity index (χ4n) is 2.51. The van der Waals surface area contributed by atoms with E-state index in [1.165, 1.54) is 24.1 Å². The smallest absolute Gasteiger partial charge is 0.362 e. The van der Waals surface area contributed by atoms with Gasteiger partial charge in [-0.25, -0.2) is 14.5 Å². The van der Waals surface area contributed by atoms with Gasteiger partial charge in [0.1, 0.15) is 0 Å². The topological polar surface area (TPSA) is 107 Å². The number of esters is 1. The minimum Gasteiger partial charge on any atom is -0.481 e. The van der Waals surface area contributed by atoms with E-state index in [0.29, 0.717) is 17.1 Å². The zero-order valence-electron chi connectivity index (χ0n) is 14.1. The fraction of sp³-hybridized carbons (Fsp3) is 0.167. The van der Waals surface area contributed by atoms with Crippen molar-refractivity contribution < 1.29 is 14.3 Å². The highest BCUT2D eigenvalue weighted by Crippen LogP contribution is 2.19. The molecular weight excluding hydrogens is 336 g/mol. The van der Waals surface area contributed by atoms with E-state index in [9.17, 15) is 14.9 Å². The summed E-state index contributed by atoms with van der Waals surface area (Å²) in [6.45, 7) is 1.73. The number of benzene rings is 1. The van der Waals surface area contributed by atoms with Gasteiger partial charge in [-0.1, -0.05) is 6.07 Å². The maximum Gasteiger partial charge on any atom is 0.362 e. The Labute approximate surface area is 148 Å². The number of aromatic nitrogens is 3. The van der Waals surface area contributed by atoms with Crippen LogP contribution in [0.1, 0.15) is 23.0 Å². The van der Waals surface area contributed by atoms with Crippen LogP contribution in [0.25, 0.3) is 16.6 Å². The molecule has 0 fully saturated rings. The molecule has 0 unspecified atom stereocenters. The Morgan fingerprint density at radius 1 is 1.31 bits per heavy atom. The average Bonchev–Trinajstić information content (AvgIpc) is 2.68. The van der Waals surface area contributed by atoms with Crippen LogP contribution in [0, 0.1) is 11.3 Å². The highest BCUT2D eigenvalue weighted by molar-refractivity contribution is 5.94. The Bertz CT molecular complexity index is 1080. The number of nitriles is 1. The van der Waals surface area contributed by atoms with Gasteiger partial charge in [0.25, 0.3) is 0 Å². The summed E-state index contributed by atoms with van der Waals surface area (Å²) >= 11 is 0. The number of carbonyl (C=O) groups is 1. The van der Waals surface area contributed by atoms with E-state index in [4.69, 9.17) is 9.47 Å². The van der Waals surface area contributed by atoms with E-state index in [-0.39, 0.29) is 17.6 Å². The summed E-state index contributed by atoms with van der Waals surface area (Å²) in [7, 11) is 1.49. The van der Waals surface area contributed by atoms with E-state index in [1.54, 1.807) is 31.2 Å². The lowest BCUT2D eigenvalue weighted by molar-refractivity contribution is 0.0516. The Balaban J connectivity index is 2.37. The molecule has 0 atom stereocenters. The Hall–Kier alpha value is -3.73. The molecule has 0 saturated heterocycles. The first kappa shape index (κ1) is 17.1. The van der Waals surface area contributed by atoms with E-state index in [2.05, 4.69) is 10.1 Å². The molecule has 8 nitrogen and oxygen atoms in total. The molecule has 26 heavy (non-hydrogen) atoms. The summed E-state index contributed by atoms with van der Waals surface area (Å²) in [5.74, 6) is -0.440. The van der Waals surface area contributed by atoms with E-state index >= 15 is 0 Å². The second kappa shape index (κ2) is 7.03. The summed E-state index contributed by atoms with van der Waals surface area (Å²) in [4.78, 5) is 29.0. The van der Waals surface area contributed by atoms with Crippen molar-refractivity contribution in [3.63, 3.8) is 0 Å². The molecule has 0 bridgehead atoms. The molecule has 130 valence electrons. The van der Waals surface area contributed by atoms with Crippen molar-refractivity contribution in [3.8, 4) is 17.6 Å². The van der Waals surface area contributed by atoms with Crippen molar-refractivity contribution >= 4 is 16.9 Å². The third kappa shape index (κ3) is 2.86. The normalized spacial score (nSPS) is 10.3. The van der Waals surface area contributed by atoms with Gasteiger partial charge in [0.2, 0.25) is 17.0 Å². The largest absolute Gasteiger partial charge is 0.481 e. The number of fused-ring (bicyclic) bond motifs is 1. The summed E-state index contributed by atoms with van der Waals surface area (Å²) in [5, 5.41) is 13.6. The molecule has 3 aromatic rings. The van der Waals surface area contributed by atoms with Crippen molar-refractivity contribution in [2.45, 2.75) is 6.92 Å². The molecule has 0 radical (unpaired) electrons. The average molecular weight is 350 g/mol. The van der Waals surface area contributed by atoms with Crippen LogP contribution in [0.3, 0.4) is 0 Å². The first-order valence-corrected chi connectivity index (χ1v) is 7.74. The number of hydrogen-bond donors (Lipinski definition) is 0. The summed E-state index contributed by atoms with van der Waals surface area (Å²) in [6.07, 6.45) is 1.49. The van der Waals surface area contributed by atoms with E-state index < -0.39 is 17.1 Å². The number of methoxy groups -OCH3 is 1. The number of rotatable bonds is 4. The van der Waals surface area contributed by atoms with Gasteiger partial charge in [-0.2, -0.15) is 10.4 Å². The number of ether oxygens (including phenoxy) is 2. The minimum atomic E-state index is -0.845. The lowest BCUT2D eigenvalue weighted by atomic mass is 10.1. The van der Waals surface area contributed by atoms with Crippen LogP contribution in [-0.2, 0) is 4.74 Å². The van der Waals surface area contributed by atoms with Crippen molar-refractivity contribution in [2.24, 2.45) is 0 Å². The number of hydrogen-bond acceptors (Lipinski definition) is 7. The Morgan fingerprint density at radius 3 is 2.73 bits per heavy atom.